The van der Waals surface area contributed by atoms with Gasteiger partial charge in [0.25, 0.3) is 0 Å². The molecule has 2 rings (SSSR count). The third kappa shape index (κ3) is 3.53. The van der Waals surface area contributed by atoms with Gasteiger partial charge in [-0.3, -0.25) is 4.79 Å². The second-order valence-electron chi connectivity index (χ2n) is 4.91. The van der Waals surface area contributed by atoms with Crippen molar-refractivity contribution >= 4 is 23.1 Å². The Labute approximate surface area is 117 Å². The van der Waals surface area contributed by atoms with Crippen LogP contribution in [0.4, 0.5) is 0 Å². The van der Waals surface area contributed by atoms with E-state index in [0.717, 1.165) is 24.8 Å². The summed E-state index contributed by atoms with van der Waals surface area (Å²) < 4.78 is 4.68. The molecule has 1 atom stereocenters. The van der Waals surface area contributed by atoms with Gasteiger partial charge in [0.05, 0.1) is 7.11 Å². The number of allylic oxidation sites excluding steroid dienone is 2. The first-order valence-electron chi connectivity index (χ1n) is 6.51. The van der Waals surface area contributed by atoms with Gasteiger partial charge >= 0.3 is 5.97 Å². The minimum Gasteiger partial charge on any atom is -0.465 e. The van der Waals surface area contributed by atoms with Gasteiger partial charge in [0.2, 0.25) is 0 Å². The lowest BCUT2D eigenvalue weighted by atomic mass is 10.1. The molecule has 0 radical (unpaired) electrons. The van der Waals surface area contributed by atoms with Crippen molar-refractivity contribution in [2.24, 2.45) is 5.92 Å². The molecule has 3 nitrogen and oxygen atoms in total. The van der Waals surface area contributed by atoms with Crippen LogP contribution in [0.3, 0.4) is 0 Å². The number of hydrogen-bond donors (Lipinski definition) is 0. The fourth-order valence-electron chi connectivity index (χ4n) is 2.32. The van der Waals surface area contributed by atoms with E-state index in [1.54, 1.807) is 6.07 Å². The summed E-state index contributed by atoms with van der Waals surface area (Å²) in [6, 6.07) is 3.76. The number of esters is 1. The Kier molecular flexibility index (Phi) is 4.53. The van der Waals surface area contributed by atoms with Crippen molar-refractivity contribution in [3.05, 3.63) is 33.5 Å². The van der Waals surface area contributed by atoms with E-state index in [0.29, 0.717) is 23.0 Å². The first kappa shape index (κ1) is 14.0. The molecule has 0 aliphatic heterocycles. The van der Waals surface area contributed by atoms with Gasteiger partial charge in [-0.2, -0.15) is 0 Å². The molecule has 0 N–H and O–H groups in total. The number of carbonyl (C=O) groups excluding carboxylic acids is 2. The molecule has 4 heteroatoms. The van der Waals surface area contributed by atoms with E-state index in [-0.39, 0.29) is 5.97 Å². The van der Waals surface area contributed by atoms with E-state index in [1.165, 1.54) is 23.3 Å². The number of hydrogen-bond acceptors (Lipinski definition) is 4. The Bertz CT molecular complexity index is 513. The van der Waals surface area contributed by atoms with Gasteiger partial charge in [0.15, 0.2) is 5.78 Å². The summed E-state index contributed by atoms with van der Waals surface area (Å²) in [6.45, 7) is 2.08. The molecule has 1 aromatic rings. The summed E-state index contributed by atoms with van der Waals surface area (Å²) in [6.07, 6.45) is 5.46. The predicted octanol–water partition coefficient (Wildman–Crippen LogP) is 3.39. The standard InChI is InChI=1S/C15H18O3S/c1-10-8-11(13(16)9-10)4-3-5-12-6-7-14(19-12)15(17)18-2/h6-8,10H,3-5,9H2,1-2H3/t10-/m0/s1. The smallest absolute Gasteiger partial charge is 0.348 e. The molecular formula is C15H18O3S. The number of ketones is 1. The number of Topliss-reactive ketones (excluding diaryl/α,β-unsaturated/α-hetero) is 1. The number of thiophene rings is 1. The predicted molar refractivity (Wildman–Crippen MR) is 75.5 cm³/mol. The quantitative estimate of drug-likeness (QED) is 0.775. The molecule has 1 heterocycles. The van der Waals surface area contributed by atoms with E-state index >= 15 is 0 Å². The molecule has 0 fully saturated rings. The Morgan fingerprint density at radius 1 is 1.42 bits per heavy atom. The van der Waals surface area contributed by atoms with Crippen molar-refractivity contribution in [1.82, 2.24) is 0 Å². The van der Waals surface area contributed by atoms with Gasteiger partial charge in [0, 0.05) is 11.3 Å². The maximum Gasteiger partial charge on any atom is 0.348 e. The van der Waals surface area contributed by atoms with Gasteiger partial charge < -0.3 is 4.74 Å². The summed E-state index contributed by atoms with van der Waals surface area (Å²) in [5, 5.41) is 0. The largest absolute Gasteiger partial charge is 0.465 e. The fraction of sp³-hybridized carbons (Fsp3) is 0.467. The van der Waals surface area contributed by atoms with Crippen LogP contribution in [-0.4, -0.2) is 18.9 Å². The van der Waals surface area contributed by atoms with E-state index in [4.69, 9.17) is 0 Å². The number of carbonyl (C=O) groups is 2. The van der Waals surface area contributed by atoms with Crippen LogP contribution in [0.5, 0.6) is 0 Å². The van der Waals surface area contributed by atoms with E-state index < -0.39 is 0 Å². The highest BCUT2D eigenvalue weighted by Crippen LogP contribution is 2.25. The molecule has 0 bridgehead atoms. The van der Waals surface area contributed by atoms with Crippen molar-refractivity contribution in [2.75, 3.05) is 7.11 Å². The summed E-state index contributed by atoms with van der Waals surface area (Å²) in [5.41, 5.74) is 0.984. The summed E-state index contributed by atoms with van der Waals surface area (Å²) in [4.78, 5) is 24.8. The Morgan fingerprint density at radius 3 is 2.84 bits per heavy atom. The van der Waals surface area contributed by atoms with Crippen molar-refractivity contribution in [2.45, 2.75) is 32.6 Å². The van der Waals surface area contributed by atoms with Crippen molar-refractivity contribution < 1.29 is 14.3 Å². The van der Waals surface area contributed by atoms with E-state index in [1.807, 2.05) is 6.07 Å². The topological polar surface area (TPSA) is 43.4 Å². The third-order valence-corrected chi connectivity index (χ3v) is 4.39. The highest BCUT2D eigenvalue weighted by molar-refractivity contribution is 7.13. The number of rotatable bonds is 5. The second-order valence-corrected chi connectivity index (χ2v) is 6.08. The highest BCUT2D eigenvalue weighted by atomic mass is 32.1. The summed E-state index contributed by atoms with van der Waals surface area (Å²) in [5.74, 6) is 0.419. The van der Waals surface area contributed by atoms with Crippen molar-refractivity contribution in [3.8, 4) is 0 Å². The van der Waals surface area contributed by atoms with Crippen LogP contribution in [0.15, 0.2) is 23.8 Å². The SMILES string of the molecule is COC(=O)c1ccc(CCCC2=C[C@H](C)CC2=O)s1. The lowest BCUT2D eigenvalue weighted by molar-refractivity contribution is -0.115. The zero-order valence-corrected chi connectivity index (χ0v) is 12.1. The summed E-state index contributed by atoms with van der Waals surface area (Å²) in [7, 11) is 1.39. The molecule has 0 saturated heterocycles. The minimum absolute atomic E-state index is 0.279. The van der Waals surface area contributed by atoms with Crippen LogP contribution < -0.4 is 0 Å². The molecule has 1 aliphatic carbocycles. The van der Waals surface area contributed by atoms with E-state index in [2.05, 4.69) is 17.7 Å². The Morgan fingerprint density at radius 2 is 2.21 bits per heavy atom. The maximum atomic E-state index is 11.6. The first-order chi connectivity index (χ1) is 9.10. The normalized spacial score (nSPS) is 18.5. The van der Waals surface area contributed by atoms with Crippen molar-refractivity contribution in [1.29, 1.82) is 0 Å². The lowest BCUT2D eigenvalue weighted by Gasteiger charge is -1.99. The molecule has 0 saturated carbocycles. The number of methoxy groups -OCH3 is 1. The molecule has 0 aromatic carbocycles. The van der Waals surface area contributed by atoms with Gasteiger partial charge in [-0.25, -0.2) is 4.79 Å². The van der Waals surface area contributed by atoms with Gasteiger partial charge in [-0.05, 0) is 42.9 Å². The molecule has 102 valence electrons. The second kappa shape index (κ2) is 6.15. The fourth-order valence-corrected chi connectivity index (χ4v) is 3.28. The molecule has 0 spiro atoms. The van der Waals surface area contributed by atoms with Crippen LogP contribution >= 0.6 is 11.3 Å². The average molecular weight is 278 g/mol. The van der Waals surface area contributed by atoms with Gasteiger partial charge in [-0.15, -0.1) is 11.3 Å². The Hall–Kier alpha value is -1.42. The van der Waals surface area contributed by atoms with Crippen LogP contribution in [0.25, 0.3) is 0 Å². The molecule has 1 aliphatic rings. The first-order valence-corrected chi connectivity index (χ1v) is 7.32. The highest BCUT2D eigenvalue weighted by Gasteiger charge is 2.20. The Balaban J connectivity index is 1.83. The molecule has 1 aromatic heterocycles. The van der Waals surface area contributed by atoms with Crippen LogP contribution in [0, 0.1) is 5.92 Å². The number of aryl methyl sites for hydroxylation is 1. The average Bonchev–Trinajstić information content (AvgIpc) is 2.96. The minimum atomic E-state index is -0.279. The zero-order chi connectivity index (χ0) is 13.8. The van der Waals surface area contributed by atoms with E-state index in [9.17, 15) is 9.59 Å². The molecule has 0 amide bonds. The van der Waals surface area contributed by atoms with Crippen LogP contribution in [-0.2, 0) is 16.0 Å². The lowest BCUT2D eigenvalue weighted by Crippen LogP contribution is -1.97. The number of ether oxygens (including phenoxy) is 1. The zero-order valence-electron chi connectivity index (χ0n) is 11.3. The molecule has 19 heavy (non-hydrogen) atoms. The van der Waals surface area contributed by atoms with Gasteiger partial charge in [0.1, 0.15) is 4.88 Å². The third-order valence-electron chi connectivity index (χ3n) is 3.27. The molecule has 0 unspecified atom stereocenters. The van der Waals surface area contributed by atoms with Crippen LogP contribution in [0.1, 0.15) is 40.7 Å². The van der Waals surface area contributed by atoms with Crippen LogP contribution in [0.2, 0.25) is 0 Å². The maximum absolute atomic E-state index is 11.6. The monoisotopic (exact) mass is 278 g/mol. The van der Waals surface area contributed by atoms with Crippen molar-refractivity contribution in [3.63, 3.8) is 0 Å². The summed E-state index contributed by atoms with van der Waals surface area (Å²) >= 11 is 1.47. The van der Waals surface area contributed by atoms with Gasteiger partial charge in [-0.1, -0.05) is 13.0 Å². The molecular weight excluding hydrogens is 260 g/mol.